The summed E-state index contributed by atoms with van der Waals surface area (Å²) in [6.07, 6.45) is 1.85. The van der Waals surface area contributed by atoms with Crippen LogP contribution in [-0.4, -0.2) is 9.55 Å². The van der Waals surface area contributed by atoms with Gasteiger partial charge in [-0.1, -0.05) is 6.07 Å². The Balaban J connectivity index is 2.79. The van der Waals surface area contributed by atoms with E-state index >= 15 is 0 Å². The van der Waals surface area contributed by atoms with Gasteiger partial charge in [0.25, 0.3) is 0 Å². The molecule has 2 N–H and O–H groups in total. The maximum absolute atomic E-state index is 5.81. The van der Waals surface area contributed by atoms with Gasteiger partial charge in [0.05, 0.1) is 11.9 Å². The number of rotatable bonds is 1. The zero-order chi connectivity index (χ0) is 12.7. The molecule has 0 aliphatic rings. The van der Waals surface area contributed by atoms with Crippen molar-refractivity contribution in [1.82, 2.24) is 9.55 Å². The molecule has 2 aromatic rings. The Bertz CT molecular complexity index is 553. The molecule has 0 aliphatic heterocycles. The van der Waals surface area contributed by atoms with Crippen molar-refractivity contribution in [1.29, 1.82) is 0 Å². The van der Waals surface area contributed by atoms with Crippen LogP contribution in [0.4, 0.5) is 5.95 Å². The Labute approximate surface area is 102 Å². The van der Waals surface area contributed by atoms with Gasteiger partial charge in [0.1, 0.15) is 0 Å². The van der Waals surface area contributed by atoms with Crippen molar-refractivity contribution in [2.75, 3.05) is 5.73 Å². The molecule has 0 saturated carbocycles. The molecule has 0 unspecified atom stereocenters. The Morgan fingerprint density at radius 1 is 1.06 bits per heavy atom. The van der Waals surface area contributed by atoms with Crippen molar-refractivity contribution in [2.45, 2.75) is 27.7 Å². The van der Waals surface area contributed by atoms with Crippen LogP contribution in [-0.2, 0) is 7.05 Å². The monoisotopic (exact) mass is 229 g/mol. The number of hydrogen-bond donors (Lipinski definition) is 1. The van der Waals surface area contributed by atoms with Crippen molar-refractivity contribution in [3.05, 3.63) is 34.5 Å². The van der Waals surface area contributed by atoms with Gasteiger partial charge >= 0.3 is 0 Å². The lowest BCUT2D eigenvalue weighted by Gasteiger charge is -2.15. The molecular formula is C14H19N3. The summed E-state index contributed by atoms with van der Waals surface area (Å²) in [7, 11) is 1.95. The Morgan fingerprint density at radius 3 is 2.00 bits per heavy atom. The van der Waals surface area contributed by atoms with Crippen molar-refractivity contribution in [3.63, 3.8) is 0 Å². The van der Waals surface area contributed by atoms with Gasteiger partial charge in [-0.15, -0.1) is 0 Å². The van der Waals surface area contributed by atoms with E-state index in [-0.39, 0.29) is 0 Å². The van der Waals surface area contributed by atoms with Crippen LogP contribution in [0.15, 0.2) is 12.3 Å². The van der Waals surface area contributed by atoms with E-state index in [4.69, 9.17) is 5.73 Å². The van der Waals surface area contributed by atoms with Gasteiger partial charge < -0.3 is 10.3 Å². The van der Waals surface area contributed by atoms with Crippen LogP contribution in [0, 0.1) is 27.7 Å². The van der Waals surface area contributed by atoms with Crippen molar-refractivity contribution < 1.29 is 0 Å². The minimum Gasteiger partial charge on any atom is -0.369 e. The van der Waals surface area contributed by atoms with Gasteiger partial charge in [0.15, 0.2) is 5.95 Å². The summed E-state index contributed by atoms with van der Waals surface area (Å²) in [4.78, 5) is 4.17. The zero-order valence-electron chi connectivity index (χ0n) is 11.1. The van der Waals surface area contributed by atoms with E-state index in [0.29, 0.717) is 5.95 Å². The number of aryl methyl sites for hydroxylation is 2. The molecule has 0 fully saturated rings. The summed E-state index contributed by atoms with van der Waals surface area (Å²) < 4.78 is 1.94. The van der Waals surface area contributed by atoms with Crippen LogP contribution in [0.5, 0.6) is 0 Å². The molecule has 0 aliphatic carbocycles. The predicted molar refractivity (Wildman–Crippen MR) is 72.0 cm³/mol. The summed E-state index contributed by atoms with van der Waals surface area (Å²) in [5, 5.41) is 0. The molecule has 2 rings (SSSR count). The number of benzene rings is 1. The van der Waals surface area contributed by atoms with E-state index in [1.165, 1.54) is 27.8 Å². The highest BCUT2D eigenvalue weighted by Gasteiger charge is 2.14. The Hall–Kier alpha value is -1.77. The fourth-order valence-electron chi connectivity index (χ4n) is 2.26. The van der Waals surface area contributed by atoms with E-state index in [9.17, 15) is 0 Å². The molecule has 3 nitrogen and oxygen atoms in total. The summed E-state index contributed by atoms with van der Waals surface area (Å²) in [6.45, 7) is 8.59. The first-order chi connectivity index (χ1) is 7.93. The maximum atomic E-state index is 5.81. The fraction of sp³-hybridized carbons (Fsp3) is 0.357. The van der Waals surface area contributed by atoms with Crippen LogP contribution in [0.3, 0.4) is 0 Å². The molecule has 0 radical (unpaired) electrons. The van der Waals surface area contributed by atoms with Crippen molar-refractivity contribution in [3.8, 4) is 11.3 Å². The van der Waals surface area contributed by atoms with Gasteiger partial charge in [-0.25, -0.2) is 4.98 Å². The first kappa shape index (κ1) is 11.7. The van der Waals surface area contributed by atoms with Crippen LogP contribution in [0.1, 0.15) is 22.3 Å². The highest BCUT2D eigenvalue weighted by Crippen LogP contribution is 2.31. The third-order valence-corrected chi connectivity index (χ3v) is 3.65. The van der Waals surface area contributed by atoms with E-state index < -0.39 is 0 Å². The summed E-state index contributed by atoms with van der Waals surface area (Å²) in [5.74, 6) is 0.554. The SMILES string of the molecule is Cc1cc(C)c(C)c(-c2cnc(N)n2C)c1C. The van der Waals surface area contributed by atoms with Crippen LogP contribution < -0.4 is 5.73 Å². The van der Waals surface area contributed by atoms with Gasteiger partial charge in [0, 0.05) is 12.6 Å². The molecule has 0 saturated heterocycles. The molecule has 1 heterocycles. The first-order valence-electron chi connectivity index (χ1n) is 5.78. The van der Waals surface area contributed by atoms with E-state index in [1.54, 1.807) is 0 Å². The molecule has 1 aromatic heterocycles. The lowest BCUT2D eigenvalue weighted by atomic mass is 9.92. The van der Waals surface area contributed by atoms with Gasteiger partial charge in [-0.3, -0.25) is 0 Å². The molecule has 90 valence electrons. The number of nitrogens with two attached hydrogens (primary N) is 1. The van der Waals surface area contributed by atoms with Gasteiger partial charge in [0.2, 0.25) is 0 Å². The topological polar surface area (TPSA) is 43.8 Å². The number of imidazole rings is 1. The number of hydrogen-bond acceptors (Lipinski definition) is 2. The minimum absolute atomic E-state index is 0.554. The molecule has 0 amide bonds. The second-order valence-electron chi connectivity index (χ2n) is 4.70. The molecule has 1 aromatic carbocycles. The van der Waals surface area contributed by atoms with Crippen LogP contribution in [0.25, 0.3) is 11.3 Å². The largest absolute Gasteiger partial charge is 0.369 e. The summed E-state index contributed by atoms with van der Waals surface area (Å²) >= 11 is 0. The summed E-state index contributed by atoms with van der Waals surface area (Å²) in [5.41, 5.74) is 13.4. The predicted octanol–water partition coefficient (Wildman–Crippen LogP) is 2.90. The first-order valence-corrected chi connectivity index (χ1v) is 5.78. The number of nitrogen functional groups attached to an aromatic ring is 1. The quantitative estimate of drug-likeness (QED) is 0.817. The number of anilines is 1. The second kappa shape index (κ2) is 3.91. The van der Waals surface area contributed by atoms with Gasteiger partial charge in [-0.2, -0.15) is 0 Å². The third kappa shape index (κ3) is 1.71. The smallest absolute Gasteiger partial charge is 0.200 e. The zero-order valence-corrected chi connectivity index (χ0v) is 11.1. The molecule has 17 heavy (non-hydrogen) atoms. The van der Waals surface area contributed by atoms with Crippen molar-refractivity contribution in [2.24, 2.45) is 7.05 Å². The lowest BCUT2D eigenvalue weighted by molar-refractivity contribution is 0.934. The summed E-state index contributed by atoms with van der Waals surface area (Å²) in [6, 6.07) is 2.23. The second-order valence-corrected chi connectivity index (χ2v) is 4.70. The molecule has 0 atom stereocenters. The minimum atomic E-state index is 0.554. The molecular weight excluding hydrogens is 210 g/mol. The van der Waals surface area contributed by atoms with Gasteiger partial charge in [-0.05, 0) is 49.9 Å². The fourth-order valence-corrected chi connectivity index (χ4v) is 2.26. The van der Waals surface area contributed by atoms with E-state index in [1.807, 2.05) is 17.8 Å². The third-order valence-electron chi connectivity index (χ3n) is 3.65. The standard InChI is InChI=1S/C14H19N3/c1-8-6-9(2)11(4)13(10(8)3)12-7-16-14(15)17(12)5/h6-7H,1-5H3,(H2,15,16). The normalized spacial score (nSPS) is 10.9. The molecule has 0 bridgehead atoms. The lowest BCUT2D eigenvalue weighted by Crippen LogP contribution is -2.02. The van der Waals surface area contributed by atoms with Crippen LogP contribution in [0.2, 0.25) is 0 Å². The average molecular weight is 229 g/mol. The van der Waals surface area contributed by atoms with Crippen molar-refractivity contribution >= 4 is 5.95 Å². The number of nitrogens with zero attached hydrogens (tertiary/aromatic N) is 2. The Morgan fingerprint density at radius 2 is 1.59 bits per heavy atom. The van der Waals surface area contributed by atoms with Crippen LogP contribution >= 0.6 is 0 Å². The maximum Gasteiger partial charge on any atom is 0.200 e. The Kier molecular flexibility index (Phi) is 2.69. The molecule has 0 spiro atoms. The highest BCUT2D eigenvalue weighted by atomic mass is 15.1. The average Bonchev–Trinajstić information content (AvgIpc) is 2.59. The number of aromatic nitrogens is 2. The van der Waals surface area contributed by atoms with E-state index in [2.05, 4.69) is 38.7 Å². The molecule has 3 heteroatoms. The van der Waals surface area contributed by atoms with E-state index in [0.717, 1.165) is 5.69 Å². The highest BCUT2D eigenvalue weighted by molar-refractivity contribution is 5.71.